The lowest BCUT2D eigenvalue weighted by Gasteiger charge is -2.47. The van der Waals surface area contributed by atoms with Gasteiger partial charge in [-0.15, -0.1) is 0 Å². The molecule has 1 nitrogen and oxygen atoms in total. The molecule has 1 aliphatic heterocycles. The van der Waals surface area contributed by atoms with Crippen LogP contribution in [-0.2, 0) is 16.6 Å². The van der Waals surface area contributed by atoms with E-state index in [0.717, 1.165) is 6.61 Å². The Morgan fingerprint density at radius 1 is 0.767 bits per heavy atom. The summed E-state index contributed by atoms with van der Waals surface area (Å²) in [6.45, 7) is 8.94. The molecule has 2 aromatic carbocycles. The predicted octanol–water partition coefficient (Wildman–Crippen LogP) is 8.76. The van der Waals surface area contributed by atoms with Gasteiger partial charge >= 0.3 is 0 Å². The summed E-state index contributed by atoms with van der Waals surface area (Å²) in [4.78, 5) is 0. The molecule has 2 aliphatic rings. The van der Waals surface area contributed by atoms with E-state index in [2.05, 4.69) is 60.7 Å². The highest BCUT2D eigenvalue weighted by Crippen LogP contribution is 2.50. The van der Waals surface area contributed by atoms with Crippen LogP contribution >= 0.6 is 0 Å². The Balaban J connectivity index is 0.000000910. The Morgan fingerprint density at radius 3 is 2.00 bits per heavy atom. The van der Waals surface area contributed by atoms with E-state index in [1.807, 2.05) is 27.7 Å². The molecule has 2 fully saturated rings. The van der Waals surface area contributed by atoms with Gasteiger partial charge < -0.3 is 4.74 Å². The molecule has 1 saturated heterocycles. The van der Waals surface area contributed by atoms with Crippen molar-refractivity contribution in [2.45, 2.75) is 103 Å². The number of rotatable bonds is 6. The number of hydrogen-bond acceptors (Lipinski definition) is 1. The lowest BCUT2D eigenvalue weighted by atomic mass is 9.65. The van der Waals surface area contributed by atoms with Gasteiger partial charge in [0.25, 0.3) is 0 Å². The molecular weight excluding hydrogens is 364 g/mol. The van der Waals surface area contributed by atoms with E-state index in [9.17, 15) is 0 Å². The standard InChI is InChI=1S/C25H32O.2C2H6.H2/c1-3-11-22(12-4-1)13-7-8-16-24(23-14-5-2-6-15-23)19-20-26-25(21-24)17-9-10-18-25;2*1-2;/h1-6,11-12,14-15H,7-10,13,16-21H2;2*1-2H3;1H/t24-;;;/m1.../s1. The second kappa shape index (κ2) is 13.0. The highest BCUT2D eigenvalue weighted by molar-refractivity contribution is 5.27. The van der Waals surface area contributed by atoms with Crippen molar-refractivity contribution in [2.75, 3.05) is 6.61 Å². The Hall–Kier alpha value is -1.60. The average molecular weight is 411 g/mol. The van der Waals surface area contributed by atoms with Gasteiger partial charge in [0, 0.05) is 13.4 Å². The summed E-state index contributed by atoms with van der Waals surface area (Å²) in [5.41, 5.74) is 3.52. The second-order valence-electron chi connectivity index (χ2n) is 8.50. The number of ether oxygens (including phenoxy) is 1. The molecule has 1 spiro atoms. The molecule has 4 rings (SSSR count). The molecule has 1 heteroatoms. The largest absolute Gasteiger partial charge is 0.375 e. The third kappa shape index (κ3) is 6.45. The fraction of sp³-hybridized carbons (Fsp3) is 0.586. The van der Waals surface area contributed by atoms with Crippen molar-refractivity contribution in [1.29, 1.82) is 0 Å². The first-order valence-electron chi connectivity index (χ1n) is 12.5. The van der Waals surface area contributed by atoms with Crippen molar-refractivity contribution < 1.29 is 6.16 Å². The van der Waals surface area contributed by atoms with Crippen LogP contribution in [0.25, 0.3) is 0 Å². The highest BCUT2D eigenvalue weighted by atomic mass is 16.5. The van der Waals surface area contributed by atoms with Crippen LogP contribution in [0.1, 0.15) is 98.0 Å². The van der Waals surface area contributed by atoms with Crippen LogP contribution in [0.2, 0.25) is 0 Å². The molecule has 2 aromatic rings. The molecule has 1 heterocycles. The topological polar surface area (TPSA) is 9.23 Å². The molecule has 30 heavy (non-hydrogen) atoms. The minimum atomic E-state index is 0. The summed E-state index contributed by atoms with van der Waals surface area (Å²) in [5.74, 6) is 0. The van der Waals surface area contributed by atoms with Crippen LogP contribution in [0.5, 0.6) is 0 Å². The smallest absolute Gasteiger partial charge is 0.0691 e. The van der Waals surface area contributed by atoms with Crippen molar-refractivity contribution in [3.63, 3.8) is 0 Å². The number of hydrogen-bond donors (Lipinski definition) is 0. The molecule has 1 aliphatic carbocycles. The number of unbranched alkanes of at least 4 members (excludes halogenated alkanes) is 1. The third-order valence-electron chi connectivity index (χ3n) is 6.76. The SMILES string of the molecule is CC.CC.[HH].c1ccc(CCCC[C@@]2(c3ccccc3)CCOC3(CCCC3)C2)cc1. The summed E-state index contributed by atoms with van der Waals surface area (Å²) in [6.07, 6.45) is 12.7. The van der Waals surface area contributed by atoms with E-state index in [0.29, 0.717) is 5.41 Å². The van der Waals surface area contributed by atoms with Gasteiger partial charge in [0.15, 0.2) is 0 Å². The van der Waals surface area contributed by atoms with Crippen LogP contribution in [-0.4, -0.2) is 12.2 Å². The number of aryl methyl sites for hydroxylation is 1. The van der Waals surface area contributed by atoms with Gasteiger partial charge in [-0.1, -0.05) is 108 Å². The molecule has 1 saturated carbocycles. The number of benzene rings is 2. The summed E-state index contributed by atoms with van der Waals surface area (Å²) < 4.78 is 6.38. The lowest BCUT2D eigenvalue weighted by Crippen LogP contribution is -2.46. The van der Waals surface area contributed by atoms with Gasteiger partial charge in [-0.3, -0.25) is 0 Å². The zero-order valence-electron chi connectivity index (χ0n) is 20.0. The van der Waals surface area contributed by atoms with E-state index in [1.165, 1.54) is 69.8 Å². The van der Waals surface area contributed by atoms with E-state index in [4.69, 9.17) is 4.74 Å². The van der Waals surface area contributed by atoms with Gasteiger partial charge in [-0.2, -0.15) is 0 Å². The van der Waals surface area contributed by atoms with Crippen LogP contribution < -0.4 is 0 Å². The van der Waals surface area contributed by atoms with Crippen molar-refractivity contribution in [3.8, 4) is 0 Å². The summed E-state index contributed by atoms with van der Waals surface area (Å²) in [6, 6.07) is 22.3. The van der Waals surface area contributed by atoms with E-state index in [1.54, 1.807) is 5.56 Å². The molecule has 1 atom stereocenters. The van der Waals surface area contributed by atoms with Crippen LogP contribution in [0.15, 0.2) is 60.7 Å². The van der Waals surface area contributed by atoms with Crippen molar-refractivity contribution in [2.24, 2.45) is 0 Å². The third-order valence-corrected chi connectivity index (χ3v) is 6.76. The zero-order chi connectivity index (χ0) is 21.7. The monoisotopic (exact) mass is 410 g/mol. The second-order valence-corrected chi connectivity index (χ2v) is 8.50. The quantitative estimate of drug-likeness (QED) is 0.432. The van der Waals surface area contributed by atoms with E-state index in [-0.39, 0.29) is 7.03 Å². The van der Waals surface area contributed by atoms with E-state index < -0.39 is 0 Å². The first kappa shape index (κ1) is 24.7. The molecule has 0 unspecified atom stereocenters. The summed E-state index contributed by atoms with van der Waals surface area (Å²) in [5, 5.41) is 0. The van der Waals surface area contributed by atoms with Gasteiger partial charge in [0.1, 0.15) is 0 Å². The maximum Gasteiger partial charge on any atom is 0.0691 e. The van der Waals surface area contributed by atoms with Crippen molar-refractivity contribution in [3.05, 3.63) is 71.8 Å². The first-order chi connectivity index (χ1) is 14.8. The minimum absolute atomic E-state index is 0. The van der Waals surface area contributed by atoms with Gasteiger partial charge in [-0.05, 0) is 56.1 Å². The fourth-order valence-electron chi connectivity index (χ4n) is 5.39. The highest BCUT2D eigenvalue weighted by Gasteiger charge is 2.47. The fourth-order valence-corrected chi connectivity index (χ4v) is 5.39. The Morgan fingerprint density at radius 2 is 1.37 bits per heavy atom. The van der Waals surface area contributed by atoms with Crippen molar-refractivity contribution >= 4 is 0 Å². The summed E-state index contributed by atoms with van der Waals surface area (Å²) in [7, 11) is 0. The Labute approximate surface area is 187 Å². The van der Waals surface area contributed by atoms with Crippen molar-refractivity contribution in [1.82, 2.24) is 0 Å². The molecule has 0 N–H and O–H groups in total. The molecule has 168 valence electrons. The summed E-state index contributed by atoms with van der Waals surface area (Å²) >= 11 is 0. The first-order valence-corrected chi connectivity index (χ1v) is 12.5. The average Bonchev–Trinajstić information content (AvgIpc) is 3.28. The molecule has 0 amide bonds. The minimum Gasteiger partial charge on any atom is -0.375 e. The van der Waals surface area contributed by atoms with Gasteiger partial charge in [-0.25, -0.2) is 0 Å². The normalized spacial score (nSPS) is 21.9. The molecule has 0 aromatic heterocycles. The van der Waals surface area contributed by atoms with Gasteiger partial charge in [0.2, 0.25) is 0 Å². The van der Waals surface area contributed by atoms with E-state index >= 15 is 0 Å². The molecule has 0 bridgehead atoms. The lowest BCUT2D eigenvalue weighted by molar-refractivity contribution is -0.104. The maximum absolute atomic E-state index is 6.38. The molecule has 0 radical (unpaired) electrons. The van der Waals surface area contributed by atoms with Crippen LogP contribution in [0, 0.1) is 0 Å². The molecular formula is C29H46O. The maximum atomic E-state index is 6.38. The predicted molar refractivity (Wildman–Crippen MR) is 133 cm³/mol. The zero-order valence-corrected chi connectivity index (χ0v) is 20.0. The van der Waals surface area contributed by atoms with Crippen LogP contribution in [0.4, 0.5) is 0 Å². The Kier molecular flexibility index (Phi) is 10.6. The van der Waals surface area contributed by atoms with Crippen LogP contribution in [0.3, 0.4) is 0 Å². The Bertz CT molecular complexity index is 678. The van der Waals surface area contributed by atoms with Gasteiger partial charge in [0.05, 0.1) is 5.60 Å².